The first-order valence-corrected chi connectivity index (χ1v) is 6.91. The molecule has 0 radical (unpaired) electrons. The number of hydrogen-bond donors (Lipinski definition) is 1. The summed E-state index contributed by atoms with van der Waals surface area (Å²) in [5.41, 5.74) is 4.52. The molecule has 4 nitrogen and oxygen atoms in total. The fraction of sp³-hybridized carbons (Fsp3) is 0.118. The van der Waals surface area contributed by atoms with Gasteiger partial charge in [-0.05, 0) is 11.1 Å². The van der Waals surface area contributed by atoms with E-state index in [4.69, 9.17) is 4.42 Å². The molecule has 1 amide bonds. The zero-order chi connectivity index (χ0) is 14.2. The number of hydrogen-bond acceptors (Lipinski definition) is 2. The normalized spacial score (nSPS) is 14.7. The van der Waals surface area contributed by atoms with Gasteiger partial charge in [0.05, 0.1) is 11.8 Å². The summed E-state index contributed by atoms with van der Waals surface area (Å²) >= 11 is 0. The van der Waals surface area contributed by atoms with Crippen molar-refractivity contribution < 1.29 is 9.21 Å². The molecule has 1 aliphatic rings. The third-order valence-corrected chi connectivity index (χ3v) is 3.82. The van der Waals surface area contributed by atoms with Gasteiger partial charge in [-0.1, -0.05) is 36.4 Å². The Hall–Kier alpha value is -2.75. The molecule has 21 heavy (non-hydrogen) atoms. The van der Waals surface area contributed by atoms with Gasteiger partial charge < -0.3 is 14.3 Å². The molecule has 4 rings (SSSR count). The van der Waals surface area contributed by atoms with E-state index in [-0.39, 0.29) is 5.91 Å². The summed E-state index contributed by atoms with van der Waals surface area (Å²) in [7, 11) is 0. The second-order valence-corrected chi connectivity index (χ2v) is 5.16. The van der Waals surface area contributed by atoms with Crippen LogP contribution < -0.4 is 0 Å². The Kier molecular flexibility index (Phi) is 2.67. The van der Waals surface area contributed by atoms with Gasteiger partial charge in [-0.2, -0.15) is 0 Å². The molecule has 2 aromatic heterocycles. The van der Waals surface area contributed by atoms with Gasteiger partial charge in [-0.15, -0.1) is 0 Å². The van der Waals surface area contributed by atoms with Gasteiger partial charge in [0.2, 0.25) is 0 Å². The minimum absolute atomic E-state index is 0.00332. The number of nitrogens with one attached hydrogen (secondary N) is 1. The Morgan fingerprint density at radius 3 is 2.86 bits per heavy atom. The van der Waals surface area contributed by atoms with Crippen molar-refractivity contribution in [1.29, 1.82) is 0 Å². The van der Waals surface area contributed by atoms with E-state index in [0.717, 1.165) is 5.52 Å². The molecule has 3 aromatic rings. The van der Waals surface area contributed by atoms with Gasteiger partial charge in [0.1, 0.15) is 5.69 Å². The van der Waals surface area contributed by atoms with Gasteiger partial charge in [-0.3, -0.25) is 4.79 Å². The van der Waals surface area contributed by atoms with Crippen molar-refractivity contribution in [2.75, 3.05) is 13.1 Å². The average molecular weight is 278 g/mol. The quantitative estimate of drug-likeness (QED) is 0.782. The first-order valence-electron chi connectivity index (χ1n) is 6.91. The topological polar surface area (TPSA) is 49.2 Å². The summed E-state index contributed by atoms with van der Waals surface area (Å²) in [5, 5.41) is 0. The zero-order valence-electron chi connectivity index (χ0n) is 11.4. The van der Waals surface area contributed by atoms with Crippen LogP contribution in [0.2, 0.25) is 0 Å². The van der Waals surface area contributed by atoms with Crippen LogP contribution in [-0.4, -0.2) is 28.9 Å². The van der Waals surface area contributed by atoms with Crippen LogP contribution in [0.5, 0.6) is 0 Å². The van der Waals surface area contributed by atoms with Gasteiger partial charge >= 0.3 is 0 Å². The third kappa shape index (κ3) is 2.05. The molecular formula is C17H14N2O2. The molecule has 0 bridgehead atoms. The smallest absolute Gasteiger partial charge is 0.271 e. The lowest BCUT2D eigenvalue weighted by atomic mass is 10.1. The standard InChI is InChI=1S/C17H14N2O2/c20-17(15-10-16-14(18-15)7-9-21-16)19-8-6-13(11-19)12-4-2-1-3-5-12/h1-7,9-10,18H,8,11H2. The number of aromatic nitrogens is 1. The van der Waals surface area contributed by atoms with Gasteiger partial charge in [0, 0.05) is 25.2 Å². The van der Waals surface area contributed by atoms with Crippen LogP contribution in [0, 0.1) is 0 Å². The van der Waals surface area contributed by atoms with E-state index in [1.54, 1.807) is 12.3 Å². The van der Waals surface area contributed by atoms with Crippen molar-refractivity contribution >= 4 is 22.6 Å². The molecule has 0 saturated heterocycles. The van der Waals surface area contributed by atoms with E-state index >= 15 is 0 Å². The predicted molar refractivity (Wildman–Crippen MR) is 80.9 cm³/mol. The van der Waals surface area contributed by atoms with Crippen LogP contribution in [0.15, 0.2) is 59.2 Å². The molecule has 0 spiro atoms. The monoisotopic (exact) mass is 278 g/mol. The fourth-order valence-corrected chi connectivity index (χ4v) is 2.71. The van der Waals surface area contributed by atoms with Crippen molar-refractivity contribution in [3.05, 3.63) is 66.1 Å². The first kappa shape index (κ1) is 12.0. The Bertz CT molecular complexity index is 798. The number of benzene rings is 1. The predicted octanol–water partition coefficient (Wildman–Crippen LogP) is 3.30. The number of H-pyrrole nitrogens is 1. The van der Waals surface area contributed by atoms with E-state index < -0.39 is 0 Å². The van der Waals surface area contributed by atoms with E-state index in [9.17, 15) is 4.79 Å². The van der Waals surface area contributed by atoms with Crippen molar-refractivity contribution in [3.63, 3.8) is 0 Å². The lowest BCUT2D eigenvalue weighted by Crippen LogP contribution is -2.29. The highest BCUT2D eigenvalue weighted by molar-refractivity contribution is 5.98. The maximum atomic E-state index is 12.5. The highest BCUT2D eigenvalue weighted by atomic mass is 16.3. The number of fused-ring (bicyclic) bond motifs is 1. The Balaban J connectivity index is 1.54. The van der Waals surface area contributed by atoms with Crippen molar-refractivity contribution in [2.24, 2.45) is 0 Å². The van der Waals surface area contributed by atoms with E-state index in [1.807, 2.05) is 29.2 Å². The van der Waals surface area contributed by atoms with Crippen molar-refractivity contribution in [2.45, 2.75) is 0 Å². The molecule has 0 aliphatic carbocycles. The van der Waals surface area contributed by atoms with Gasteiger partial charge in [-0.25, -0.2) is 0 Å². The maximum Gasteiger partial charge on any atom is 0.271 e. The molecule has 104 valence electrons. The number of amides is 1. The highest BCUT2D eigenvalue weighted by Crippen LogP contribution is 2.23. The second kappa shape index (κ2) is 4.66. The molecule has 4 heteroatoms. The van der Waals surface area contributed by atoms with E-state index in [1.165, 1.54) is 11.1 Å². The summed E-state index contributed by atoms with van der Waals surface area (Å²) in [6.45, 7) is 1.28. The minimum atomic E-state index is 0.00332. The number of furan rings is 1. The SMILES string of the molecule is O=C(c1cc2occc2[nH]1)N1CC=C(c2ccccc2)C1. The summed E-state index contributed by atoms with van der Waals surface area (Å²) in [6, 6.07) is 13.8. The molecule has 0 saturated carbocycles. The van der Waals surface area contributed by atoms with Gasteiger partial charge in [0.25, 0.3) is 5.91 Å². The molecule has 3 heterocycles. The number of aromatic amines is 1. The third-order valence-electron chi connectivity index (χ3n) is 3.82. The van der Waals surface area contributed by atoms with Crippen molar-refractivity contribution in [1.82, 2.24) is 9.88 Å². The molecule has 1 N–H and O–H groups in total. The molecule has 0 fully saturated rings. The summed E-state index contributed by atoms with van der Waals surface area (Å²) in [4.78, 5) is 17.4. The molecule has 1 aromatic carbocycles. The Morgan fingerprint density at radius 1 is 1.19 bits per heavy atom. The zero-order valence-corrected chi connectivity index (χ0v) is 11.4. The van der Waals surface area contributed by atoms with Gasteiger partial charge in [0.15, 0.2) is 5.58 Å². The fourth-order valence-electron chi connectivity index (χ4n) is 2.71. The average Bonchev–Trinajstić information content (AvgIpc) is 3.22. The number of nitrogens with zero attached hydrogens (tertiary/aromatic N) is 1. The molecular weight excluding hydrogens is 264 g/mol. The summed E-state index contributed by atoms with van der Waals surface area (Å²) < 4.78 is 5.29. The van der Waals surface area contributed by atoms with Crippen LogP contribution >= 0.6 is 0 Å². The molecule has 1 aliphatic heterocycles. The summed E-state index contributed by atoms with van der Waals surface area (Å²) in [6.07, 6.45) is 3.72. The lowest BCUT2D eigenvalue weighted by molar-refractivity contribution is 0.0796. The lowest BCUT2D eigenvalue weighted by Gasteiger charge is -2.15. The highest BCUT2D eigenvalue weighted by Gasteiger charge is 2.23. The largest absolute Gasteiger partial charge is 0.463 e. The van der Waals surface area contributed by atoms with Crippen LogP contribution in [0.3, 0.4) is 0 Å². The number of carbonyl (C=O) groups is 1. The minimum Gasteiger partial charge on any atom is -0.463 e. The number of carbonyl (C=O) groups excluding carboxylic acids is 1. The Morgan fingerprint density at radius 2 is 2.05 bits per heavy atom. The van der Waals surface area contributed by atoms with Crippen LogP contribution in [0.4, 0.5) is 0 Å². The maximum absolute atomic E-state index is 12.5. The van der Waals surface area contributed by atoms with Crippen LogP contribution in [-0.2, 0) is 0 Å². The summed E-state index contributed by atoms with van der Waals surface area (Å²) in [5.74, 6) is 0.00332. The first-order chi connectivity index (χ1) is 10.3. The molecule has 0 unspecified atom stereocenters. The molecule has 0 atom stereocenters. The van der Waals surface area contributed by atoms with Crippen molar-refractivity contribution in [3.8, 4) is 0 Å². The number of rotatable bonds is 2. The Labute approximate surface area is 121 Å². The van der Waals surface area contributed by atoms with Crippen LogP contribution in [0.1, 0.15) is 16.1 Å². The van der Waals surface area contributed by atoms with E-state index in [2.05, 4.69) is 23.2 Å². The van der Waals surface area contributed by atoms with Crippen LogP contribution in [0.25, 0.3) is 16.7 Å². The second-order valence-electron chi connectivity index (χ2n) is 5.16. The van der Waals surface area contributed by atoms with E-state index in [0.29, 0.717) is 24.4 Å².